The van der Waals surface area contributed by atoms with Crippen LogP contribution < -0.4 is 5.73 Å². The molecule has 0 amide bonds. The number of hydrogen-bond donors (Lipinski definition) is 1. The number of aryl methyl sites for hydroxylation is 1. The Bertz CT molecular complexity index is 624. The van der Waals surface area contributed by atoms with Gasteiger partial charge in [-0.1, -0.05) is 30.3 Å². The molecule has 3 heteroatoms. The van der Waals surface area contributed by atoms with Gasteiger partial charge >= 0.3 is 0 Å². The van der Waals surface area contributed by atoms with E-state index in [4.69, 9.17) is 5.73 Å². The second-order valence-corrected chi connectivity index (χ2v) is 5.23. The smallest absolute Gasteiger partial charge is 0.131 e. The second kappa shape index (κ2) is 4.42. The summed E-state index contributed by atoms with van der Waals surface area (Å²) in [5, 5.41) is 0. The van der Waals surface area contributed by atoms with Crippen molar-refractivity contribution in [1.82, 2.24) is 0 Å². The summed E-state index contributed by atoms with van der Waals surface area (Å²) in [5.41, 5.74) is 8.47. The second-order valence-electron chi connectivity index (χ2n) is 5.23. The van der Waals surface area contributed by atoms with Gasteiger partial charge in [0, 0.05) is 17.2 Å². The Balaban J connectivity index is 2.01. The number of halogens is 2. The minimum Gasteiger partial charge on any atom is -0.321 e. The zero-order chi connectivity index (χ0) is 13.5. The monoisotopic (exact) mass is 259 g/mol. The molecule has 0 aromatic heterocycles. The van der Waals surface area contributed by atoms with Crippen LogP contribution in [0.2, 0.25) is 0 Å². The summed E-state index contributed by atoms with van der Waals surface area (Å²) in [7, 11) is 0. The van der Waals surface area contributed by atoms with Crippen LogP contribution in [0.25, 0.3) is 0 Å². The number of nitrogens with two attached hydrogens (primary N) is 1. The molecule has 0 bridgehead atoms. The van der Waals surface area contributed by atoms with Crippen molar-refractivity contribution in [2.75, 3.05) is 0 Å². The summed E-state index contributed by atoms with van der Waals surface area (Å²) < 4.78 is 26.9. The van der Waals surface area contributed by atoms with E-state index in [2.05, 4.69) is 6.07 Å². The van der Waals surface area contributed by atoms with E-state index in [9.17, 15) is 8.78 Å². The molecule has 98 valence electrons. The quantitative estimate of drug-likeness (QED) is 0.835. The van der Waals surface area contributed by atoms with E-state index in [0.717, 1.165) is 18.1 Å². The van der Waals surface area contributed by atoms with Crippen molar-refractivity contribution in [2.24, 2.45) is 5.73 Å². The summed E-state index contributed by atoms with van der Waals surface area (Å²) in [6.07, 6.45) is 2.09. The van der Waals surface area contributed by atoms with Gasteiger partial charge in [0.1, 0.15) is 11.6 Å². The summed E-state index contributed by atoms with van der Waals surface area (Å²) in [6, 6.07) is 11.7. The Morgan fingerprint density at radius 1 is 1.00 bits per heavy atom. The van der Waals surface area contributed by atoms with E-state index in [-0.39, 0.29) is 0 Å². The molecular weight excluding hydrogens is 244 g/mol. The van der Waals surface area contributed by atoms with E-state index in [0.29, 0.717) is 18.4 Å². The highest BCUT2D eigenvalue weighted by molar-refractivity contribution is 5.37. The number of rotatable bonds is 1. The lowest BCUT2D eigenvalue weighted by molar-refractivity contribution is 0.367. The van der Waals surface area contributed by atoms with Crippen molar-refractivity contribution in [3.63, 3.8) is 0 Å². The summed E-state index contributed by atoms with van der Waals surface area (Å²) in [6.45, 7) is 0. The Morgan fingerprint density at radius 2 is 1.74 bits per heavy atom. The molecule has 0 fully saturated rings. The lowest BCUT2D eigenvalue weighted by atomic mass is 9.74. The molecule has 1 aliphatic rings. The van der Waals surface area contributed by atoms with E-state index >= 15 is 0 Å². The average molecular weight is 259 g/mol. The number of benzene rings is 2. The van der Waals surface area contributed by atoms with Crippen molar-refractivity contribution in [3.8, 4) is 0 Å². The standard InChI is InChI=1S/C16H15F2N/c17-13-5-6-14(15(18)9-13)16(19)8-7-11-3-1-2-4-12(11)10-16/h1-6,9H,7-8,10,19H2. The van der Waals surface area contributed by atoms with Gasteiger partial charge in [-0.05, 0) is 36.5 Å². The van der Waals surface area contributed by atoms with Crippen LogP contribution in [0.1, 0.15) is 23.1 Å². The lowest BCUT2D eigenvalue weighted by Gasteiger charge is -2.35. The SMILES string of the molecule is NC1(c2ccc(F)cc2F)CCc2ccccc2C1. The van der Waals surface area contributed by atoms with Gasteiger partial charge in [0.2, 0.25) is 0 Å². The highest BCUT2D eigenvalue weighted by atomic mass is 19.1. The van der Waals surface area contributed by atoms with Crippen molar-refractivity contribution in [2.45, 2.75) is 24.8 Å². The molecule has 1 atom stereocenters. The zero-order valence-corrected chi connectivity index (χ0v) is 10.5. The molecule has 1 aliphatic carbocycles. The molecular formula is C16H15F2N. The Morgan fingerprint density at radius 3 is 2.47 bits per heavy atom. The molecule has 3 rings (SSSR count). The van der Waals surface area contributed by atoms with Gasteiger partial charge in [0.05, 0.1) is 0 Å². The first-order valence-electron chi connectivity index (χ1n) is 6.40. The zero-order valence-electron chi connectivity index (χ0n) is 10.5. The molecule has 0 saturated heterocycles. The minimum atomic E-state index is -0.744. The molecule has 0 radical (unpaired) electrons. The molecule has 0 spiro atoms. The Kier molecular flexibility index (Phi) is 2.86. The van der Waals surface area contributed by atoms with Gasteiger partial charge in [-0.25, -0.2) is 8.78 Å². The average Bonchev–Trinajstić information content (AvgIpc) is 2.38. The van der Waals surface area contributed by atoms with Gasteiger partial charge in [-0.15, -0.1) is 0 Å². The first-order valence-corrected chi connectivity index (χ1v) is 6.40. The number of hydrogen-bond acceptors (Lipinski definition) is 1. The third kappa shape index (κ3) is 2.15. The molecule has 0 aliphatic heterocycles. The molecule has 2 aromatic rings. The van der Waals surface area contributed by atoms with Crippen molar-refractivity contribution in [3.05, 3.63) is 70.8 Å². The minimum absolute atomic E-state index is 0.406. The van der Waals surface area contributed by atoms with Crippen LogP contribution in [0.15, 0.2) is 42.5 Å². The fourth-order valence-corrected chi connectivity index (χ4v) is 2.88. The highest BCUT2D eigenvalue weighted by Gasteiger charge is 2.34. The predicted molar refractivity (Wildman–Crippen MR) is 70.7 cm³/mol. The van der Waals surface area contributed by atoms with Crippen molar-refractivity contribution in [1.29, 1.82) is 0 Å². The van der Waals surface area contributed by atoms with E-state index < -0.39 is 17.2 Å². The third-order valence-corrected chi connectivity index (χ3v) is 3.93. The summed E-state index contributed by atoms with van der Waals surface area (Å²) in [4.78, 5) is 0. The fraction of sp³-hybridized carbons (Fsp3) is 0.250. The predicted octanol–water partition coefficient (Wildman–Crippen LogP) is 3.31. The van der Waals surface area contributed by atoms with Crippen LogP contribution in [0.4, 0.5) is 8.78 Å². The molecule has 2 N–H and O–H groups in total. The first-order chi connectivity index (χ1) is 9.08. The molecule has 19 heavy (non-hydrogen) atoms. The summed E-state index contributed by atoms with van der Waals surface area (Å²) >= 11 is 0. The topological polar surface area (TPSA) is 26.0 Å². The lowest BCUT2D eigenvalue weighted by Crippen LogP contribution is -2.43. The van der Waals surface area contributed by atoms with Crippen molar-refractivity contribution < 1.29 is 8.78 Å². The largest absolute Gasteiger partial charge is 0.321 e. The van der Waals surface area contributed by atoms with Crippen LogP contribution in [0.3, 0.4) is 0 Å². The first kappa shape index (κ1) is 12.3. The van der Waals surface area contributed by atoms with Crippen LogP contribution in [-0.2, 0) is 18.4 Å². The summed E-state index contributed by atoms with van der Waals surface area (Å²) in [5.74, 6) is -1.12. The van der Waals surface area contributed by atoms with E-state index in [1.54, 1.807) is 0 Å². The van der Waals surface area contributed by atoms with Crippen molar-refractivity contribution >= 4 is 0 Å². The van der Waals surface area contributed by atoms with E-state index in [1.807, 2.05) is 18.2 Å². The Labute approximate surface area is 111 Å². The van der Waals surface area contributed by atoms with Gasteiger partial charge < -0.3 is 5.73 Å². The van der Waals surface area contributed by atoms with Crippen LogP contribution in [-0.4, -0.2) is 0 Å². The van der Waals surface area contributed by atoms with Crippen LogP contribution >= 0.6 is 0 Å². The Hall–Kier alpha value is -1.74. The maximum atomic E-state index is 13.9. The van der Waals surface area contributed by atoms with Gasteiger partial charge in [-0.3, -0.25) is 0 Å². The maximum absolute atomic E-state index is 13.9. The molecule has 0 heterocycles. The maximum Gasteiger partial charge on any atom is 0.131 e. The van der Waals surface area contributed by atoms with Crippen LogP contribution in [0, 0.1) is 11.6 Å². The molecule has 2 aromatic carbocycles. The van der Waals surface area contributed by atoms with Gasteiger partial charge in [0.15, 0.2) is 0 Å². The van der Waals surface area contributed by atoms with Gasteiger partial charge in [0.25, 0.3) is 0 Å². The normalized spacial score (nSPS) is 22.1. The van der Waals surface area contributed by atoms with E-state index in [1.165, 1.54) is 17.7 Å². The van der Waals surface area contributed by atoms with Crippen LogP contribution in [0.5, 0.6) is 0 Å². The highest BCUT2D eigenvalue weighted by Crippen LogP contribution is 2.35. The van der Waals surface area contributed by atoms with Gasteiger partial charge in [-0.2, -0.15) is 0 Å². The molecule has 1 unspecified atom stereocenters. The fourth-order valence-electron chi connectivity index (χ4n) is 2.88. The number of fused-ring (bicyclic) bond motifs is 1. The molecule has 1 nitrogen and oxygen atoms in total. The third-order valence-electron chi connectivity index (χ3n) is 3.93. The molecule has 0 saturated carbocycles.